The Morgan fingerprint density at radius 3 is 2.31 bits per heavy atom. The van der Waals surface area contributed by atoms with Crippen molar-refractivity contribution in [3.8, 4) is 0 Å². The quantitative estimate of drug-likeness (QED) is 0.656. The van der Waals surface area contributed by atoms with Crippen molar-refractivity contribution in [3.05, 3.63) is 26.6 Å². The number of nitrogens with zero attached hydrogens (tertiary/aromatic N) is 1. The molecule has 1 aromatic heterocycles. The highest BCUT2D eigenvalue weighted by molar-refractivity contribution is 14.1. The first-order chi connectivity index (χ1) is 7.27. The van der Waals surface area contributed by atoms with Crippen molar-refractivity contribution in [1.29, 1.82) is 0 Å². The molecule has 0 radical (unpaired) electrons. The van der Waals surface area contributed by atoms with Crippen molar-refractivity contribution in [1.82, 2.24) is 4.98 Å². The molecule has 1 heterocycles. The molecule has 8 heteroatoms. The molecule has 90 valence electrons. The molecule has 0 amide bonds. The number of hydrogen-bond donors (Lipinski definition) is 1. The average molecular weight is 352 g/mol. The number of pyridine rings is 1. The highest BCUT2D eigenvalue weighted by atomic mass is 127. The molecule has 2 N–H and O–H groups in total. The maximum Gasteiger partial charge on any atom is 0.417 e. The van der Waals surface area contributed by atoms with Crippen molar-refractivity contribution >= 4 is 22.6 Å². The normalized spacial score (nSPS) is 12.2. The van der Waals surface area contributed by atoms with E-state index in [0.29, 0.717) is 6.07 Å². The minimum absolute atomic E-state index is 0.206. The summed E-state index contributed by atoms with van der Waals surface area (Å²) in [6.07, 6.45) is -7.74. The molecule has 0 atom stereocenters. The molecule has 0 aromatic carbocycles. The first-order valence-electron chi connectivity index (χ1n) is 4.02. The van der Waals surface area contributed by atoms with Gasteiger partial charge in [0.2, 0.25) is 0 Å². The van der Waals surface area contributed by atoms with Crippen molar-refractivity contribution in [3.63, 3.8) is 0 Å². The van der Waals surface area contributed by atoms with Crippen LogP contribution in [0.4, 0.5) is 22.0 Å². The van der Waals surface area contributed by atoms with E-state index >= 15 is 0 Å². The van der Waals surface area contributed by atoms with Gasteiger partial charge >= 0.3 is 6.18 Å². The SMILES string of the molecule is NCc1cc(C(F)(F)F)c(I)c(C(F)F)n1. The van der Waals surface area contributed by atoms with Gasteiger partial charge in [-0.25, -0.2) is 13.8 Å². The first kappa shape index (κ1) is 13.6. The lowest BCUT2D eigenvalue weighted by atomic mass is 10.2. The van der Waals surface area contributed by atoms with Gasteiger partial charge in [0.15, 0.2) is 0 Å². The van der Waals surface area contributed by atoms with Gasteiger partial charge in [-0.15, -0.1) is 0 Å². The van der Waals surface area contributed by atoms with Gasteiger partial charge in [0.1, 0.15) is 5.69 Å². The highest BCUT2D eigenvalue weighted by Crippen LogP contribution is 2.36. The molecular weight excluding hydrogens is 346 g/mol. The molecule has 1 aromatic rings. The number of alkyl halides is 5. The van der Waals surface area contributed by atoms with Crippen LogP contribution in [0.1, 0.15) is 23.4 Å². The average Bonchev–Trinajstić information content (AvgIpc) is 2.15. The van der Waals surface area contributed by atoms with Crippen LogP contribution in [0.5, 0.6) is 0 Å². The molecule has 0 saturated carbocycles. The van der Waals surface area contributed by atoms with Crippen LogP contribution in [-0.2, 0) is 12.7 Å². The van der Waals surface area contributed by atoms with E-state index in [-0.39, 0.29) is 12.2 Å². The molecule has 0 fully saturated rings. The summed E-state index contributed by atoms with van der Waals surface area (Å²) in [5.41, 5.74) is 2.89. The molecule has 2 nitrogen and oxygen atoms in total. The van der Waals surface area contributed by atoms with Gasteiger partial charge in [0.05, 0.1) is 14.8 Å². The van der Waals surface area contributed by atoms with Crippen molar-refractivity contribution in [2.45, 2.75) is 19.1 Å². The fourth-order valence-corrected chi connectivity index (χ4v) is 1.88. The van der Waals surface area contributed by atoms with Gasteiger partial charge < -0.3 is 5.73 Å². The number of hydrogen-bond acceptors (Lipinski definition) is 2. The highest BCUT2D eigenvalue weighted by Gasteiger charge is 2.36. The predicted octanol–water partition coefficient (Wildman–Crippen LogP) is 3.10. The van der Waals surface area contributed by atoms with Gasteiger partial charge in [-0.3, -0.25) is 0 Å². The zero-order chi connectivity index (χ0) is 12.5. The molecule has 1 rings (SSSR count). The molecule has 0 unspecified atom stereocenters. The molecule has 0 bridgehead atoms. The third-order valence-corrected chi connectivity index (χ3v) is 2.89. The summed E-state index contributed by atoms with van der Waals surface area (Å²) >= 11 is 1.21. The number of nitrogens with two attached hydrogens (primary N) is 1. The van der Waals surface area contributed by atoms with Crippen LogP contribution in [-0.4, -0.2) is 4.98 Å². The van der Waals surface area contributed by atoms with E-state index in [2.05, 4.69) is 4.98 Å². The Morgan fingerprint density at radius 2 is 1.94 bits per heavy atom. The molecule has 16 heavy (non-hydrogen) atoms. The Labute approximate surface area is 101 Å². The summed E-state index contributed by atoms with van der Waals surface area (Å²) in [5.74, 6) is 0. The van der Waals surface area contributed by atoms with Crippen LogP contribution >= 0.6 is 22.6 Å². The van der Waals surface area contributed by atoms with Gasteiger partial charge in [-0.2, -0.15) is 13.2 Å². The maximum atomic E-state index is 12.5. The second kappa shape index (κ2) is 4.78. The summed E-state index contributed by atoms with van der Waals surface area (Å²) in [4.78, 5) is 3.38. The van der Waals surface area contributed by atoms with E-state index in [4.69, 9.17) is 5.73 Å². The van der Waals surface area contributed by atoms with Crippen LogP contribution in [0.2, 0.25) is 0 Å². The monoisotopic (exact) mass is 352 g/mol. The smallest absolute Gasteiger partial charge is 0.325 e. The Hall–Kier alpha value is -0.510. The Kier molecular flexibility index (Phi) is 4.05. The van der Waals surface area contributed by atoms with E-state index in [1.807, 2.05) is 0 Å². The summed E-state index contributed by atoms with van der Waals surface area (Å²) < 4.78 is 61.8. The number of aromatic nitrogens is 1. The summed E-state index contributed by atoms with van der Waals surface area (Å²) in [5, 5.41) is 0. The largest absolute Gasteiger partial charge is 0.417 e. The zero-order valence-electron chi connectivity index (χ0n) is 7.65. The number of rotatable bonds is 2. The topological polar surface area (TPSA) is 38.9 Å². The second-order valence-electron chi connectivity index (χ2n) is 2.86. The Bertz CT molecular complexity index is 391. The summed E-state index contributed by atoms with van der Waals surface area (Å²) in [6.45, 7) is -0.320. The summed E-state index contributed by atoms with van der Waals surface area (Å²) in [6, 6.07) is 0.688. The third-order valence-electron chi connectivity index (χ3n) is 1.76. The second-order valence-corrected chi connectivity index (χ2v) is 3.94. The lowest BCUT2D eigenvalue weighted by Crippen LogP contribution is -2.14. The van der Waals surface area contributed by atoms with Gasteiger partial charge in [0, 0.05) is 6.54 Å². The molecular formula is C8H6F5IN2. The van der Waals surface area contributed by atoms with E-state index in [1.54, 1.807) is 0 Å². The van der Waals surface area contributed by atoms with Crippen LogP contribution in [0.25, 0.3) is 0 Å². The summed E-state index contributed by atoms with van der Waals surface area (Å²) in [7, 11) is 0. The van der Waals surface area contributed by atoms with Crippen LogP contribution in [0.3, 0.4) is 0 Å². The van der Waals surface area contributed by atoms with Gasteiger partial charge in [-0.1, -0.05) is 0 Å². The maximum absolute atomic E-state index is 12.5. The lowest BCUT2D eigenvalue weighted by Gasteiger charge is -2.13. The molecule has 0 aliphatic carbocycles. The lowest BCUT2D eigenvalue weighted by molar-refractivity contribution is -0.138. The van der Waals surface area contributed by atoms with E-state index < -0.39 is 27.4 Å². The van der Waals surface area contributed by atoms with Crippen molar-refractivity contribution < 1.29 is 22.0 Å². The van der Waals surface area contributed by atoms with Crippen molar-refractivity contribution in [2.24, 2.45) is 5.73 Å². The fraction of sp³-hybridized carbons (Fsp3) is 0.375. The Morgan fingerprint density at radius 1 is 1.38 bits per heavy atom. The van der Waals surface area contributed by atoms with E-state index in [9.17, 15) is 22.0 Å². The molecule has 0 saturated heterocycles. The van der Waals surface area contributed by atoms with Crippen molar-refractivity contribution in [2.75, 3.05) is 0 Å². The molecule has 0 aliphatic heterocycles. The minimum Gasteiger partial charge on any atom is -0.325 e. The van der Waals surface area contributed by atoms with Gasteiger partial charge in [0.25, 0.3) is 6.43 Å². The minimum atomic E-state index is -4.69. The molecule has 0 spiro atoms. The zero-order valence-corrected chi connectivity index (χ0v) is 9.81. The van der Waals surface area contributed by atoms with E-state index in [0.717, 1.165) is 0 Å². The standard InChI is InChI=1S/C8H6F5IN2/c9-7(10)6-5(14)4(8(11,12)13)1-3(2-15)16-6/h1,7H,2,15H2. The van der Waals surface area contributed by atoms with Crippen LogP contribution < -0.4 is 5.73 Å². The first-order valence-corrected chi connectivity index (χ1v) is 5.10. The van der Waals surface area contributed by atoms with Crippen LogP contribution in [0.15, 0.2) is 6.07 Å². The fourth-order valence-electron chi connectivity index (χ4n) is 1.06. The van der Waals surface area contributed by atoms with E-state index in [1.165, 1.54) is 22.6 Å². The van der Waals surface area contributed by atoms with Crippen LogP contribution in [0, 0.1) is 3.57 Å². The Balaban J connectivity index is 3.44. The third kappa shape index (κ3) is 2.78. The molecule has 0 aliphatic rings. The van der Waals surface area contributed by atoms with Gasteiger partial charge in [-0.05, 0) is 28.7 Å². The predicted molar refractivity (Wildman–Crippen MR) is 54.8 cm³/mol. The number of halogens is 6.